The first kappa shape index (κ1) is 18.1. The van der Waals surface area contributed by atoms with Gasteiger partial charge in [-0.1, -0.05) is 59.9 Å². The summed E-state index contributed by atoms with van der Waals surface area (Å²) in [4.78, 5) is 19.9. The maximum atomic E-state index is 13.4. The Morgan fingerprint density at radius 3 is 2.56 bits per heavy atom. The van der Waals surface area contributed by atoms with E-state index in [-0.39, 0.29) is 5.91 Å². The Kier molecular flexibility index (Phi) is 5.22. The van der Waals surface area contributed by atoms with Gasteiger partial charge in [-0.25, -0.2) is 4.98 Å². The molecule has 5 heteroatoms. The predicted molar refractivity (Wildman–Crippen MR) is 120 cm³/mol. The molecular weight excluding hydrogens is 467 g/mol. The number of hydrogen-bond donors (Lipinski definition) is 0. The summed E-state index contributed by atoms with van der Waals surface area (Å²) in [5, 5.41) is 0.726. The minimum atomic E-state index is -0.0281. The van der Waals surface area contributed by atoms with E-state index in [2.05, 4.69) is 41.6 Å². The van der Waals surface area contributed by atoms with E-state index in [0.717, 1.165) is 24.5 Å². The van der Waals surface area contributed by atoms with Crippen LogP contribution in [0.4, 0.5) is 5.13 Å². The van der Waals surface area contributed by atoms with Crippen molar-refractivity contribution in [1.82, 2.24) is 4.98 Å². The molecule has 0 atom stereocenters. The highest BCUT2D eigenvalue weighted by Gasteiger charge is 2.23. The molecule has 3 nitrogen and oxygen atoms in total. The van der Waals surface area contributed by atoms with Gasteiger partial charge >= 0.3 is 0 Å². The smallest absolute Gasteiger partial charge is 0.261 e. The Morgan fingerprint density at radius 2 is 1.78 bits per heavy atom. The number of halogens is 1. The number of nitrogens with zero attached hydrogens (tertiary/aromatic N) is 2. The fourth-order valence-electron chi connectivity index (χ4n) is 2.91. The number of amides is 1. The summed E-state index contributed by atoms with van der Waals surface area (Å²) >= 11 is 3.77. The van der Waals surface area contributed by atoms with Gasteiger partial charge in [-0.2, -0.15) is 0 Å². The maximum absolute atomic E-state index is 13.4. The number of thiazole rings is 1. The van der Waals surface area contributed by atoms with Gasteiger partial charge in [0, 0.05) is 3.57 Å². The topological polar surface area (TPSA) is 33.2 Å². The molecule has 0 saturated carbocycles. The molecule has 0 N–H and O–H groups in total. The van der Waals surface area contributed by atoms with Crippen LogP contribution in [0.5, 0.6) is 0 Å². The molecule has 1 heterocycles. The highest BCUT2D eigenvalue weighted by atomic mass is 127. The lowest BCUT2D eigenvalue weighted by Crippen LogP contribution is -2.30. The van der Waals surface area contributed by atoms with E-state index in [1.54, 1.807) is 16.2 Å². The van der Waals surface area contributed by atoms with Crippen molar-refractivity contribution < 1.29 is 4.79 Å². The van der Waals surface area contributed by atoms with Crippen LogP contribution in [0.25, 0.3) is 10.2 Å². The molecule has 0 aliphatic carbocycles. The van der Waals surface area contributed by atoms with Crippen molar-refractivity contribution in [3.63, 3.8) is 0 Å². The molecule has 0 aliphatic rings. The lowest BCUT2D eigenvalue weighted by molar-refractivity contribution is 0.0984. The molecule has 0 fully saturated rings. The van der Waals surface area contributed by atoms with E-state index in [0.29, 0.717) is 12.1 Å². The molecule has 4 rings (SSSR count). The van der Waals surface area contributed by atoms with Gasteiger partial charge in [-0.05, 0) is 64.9 Å². The third kappa shape index (κ3) is 3.89. The first-order chi connectivity index (χ1) is 13.1. The highest BCUT2D eigenvalue weighted by Crippen LogP contribution is 2.32. The van der Waals surface area contributed by atoms with Gasteiger partial charge in [-0.3, -0.25) is 9.69 Å². The summed E-state index contributed by atoms with van der Waals surface area (Å²) in [7, 11) is 0. The van der Waals surface area contributed by atoms with Crippen LogP contribution in [0.15, 0.2) is 72.8 Å². The van der Waals surface area contributed by atoms with E-state index in [1.165, 1.54) is 5.56 Å². The predicted octanol–water partition coefficient (Wildman–Crippen LogP) is 6.06. The molecule has 0 spiro atoms. The second-order valence-corrected chi connectivity index (χ2v) is 8.50. The summed E-state index contributed by atoms with van der Waals surface area (Å²) in [6.07, 6.45) is 0. The van der Waals surface area contributed by atoms with Crippen LogP contribution in [0.2, 0.25) is 0 Å². The van der Waals surface area contributed by atoms with E-state index < -0.39 is 0 Å². The standard InChI is InChI=1S/C22H17IN2OS/c1-15-11-12-19-20(13-15)27-22(24-19)25(14-16-7-3-2-4-8-16)21(26)17-9-5-6-10-18(17)23/h2-13H,14H2,1H3. The Hall–Kier alpha value is -2.25. The molecule has 0 unspecified atom stereocenters. The van der Waals surface area contributed by atoms with Crippen LogP contribution in [0.1, 0.15) is 21.5 Å². The first-order valence-corrected chi connectivity index (χ1v) is 10.5. The number of benzene rings is 3. The lowest BCUT2D eigenvalue weighted by Gasteiger charge is -2.20. The lowest BCUT2D eigenvalue weighted by atomic mass is 10.1. The fraction of sp³-hybridized carbons (Fsp3) is 0.0909. The van der Waals surface area contributed by atoms with Crippen molar-refractivity contribution in [2.75, 3.05) is 4.90 Å². The van der Waals surface area contributed by atoms with E-state index >= 15 is 0 Å². The number of carbonyl (C=O) groups is 1. The van der Waals surface area contributed by atoms with Crippen LogP contribution < -0.4 is 4.90 Å². The van der Waals surface area contributed by atoms with Crippen molar-refractivity contribution >= 4 is 55.2 Å². The van der Waals surface area contributed by atoms with Crippen LogP contribution in [-0.4, -0.2) is 10.9 Å². The third-order valence-corrected chi connectivity index (χ3v) is 6.28. The van der Waals surface area contributed by atoms with Gasteiger partial charge in [0.05, 0.1) is 22.3 Å². The number of hydrogen-bond acceptors (Lipinski definition) is 3. The minimum Gasteiger partial charge on any atom is -0.279 e. The van der Waals surface area contributed by atoms with Crippen LogP contribution in [0, 0.1) is 10.5 Å². The van der Waals surface area contributed by atoms with E-state index in [4.69, 9.17) is 4.98 Å². The zero-order valence-corrected chi connectivity index (χ0v) is 17.7. The van der Waals surface area contributed by atoms with Crippen LogP contribution >= 0.6 is 33.9 Å². The van der Waals surface area contributed by atoms with Gasteiger partial charge in [0.1, 0.15) is 0 Å². The Morgan fingerprint density at radius 1 is 1.04 bits per heavy atom. The number of anilines is 1. The van der Waals surface area contributed by atoms with Crippen molar-refractivity contribution in [2.45, 2.75) is 13.5 Å². The molecule has 3 aromatic carbocycles. The number of aromatic nitrogens is 1. The normalized spacial score (nSPS) is 10.9. The Labute approximate surface area is 175 Å². The SMILES string of the molecule is Cc1ccc2nc(N(Cc3ccccc3)C(=O)c3ccccc3I)sc2c1. The number of aryl methyl sites for hydroxylation is 1. The Bertz CT molecular complexity index is 1110. The first-order valence-electron chi connectivity index (χ1n) is 8.59. The molecule has 1 amide bonds. The van der Waals surface area contributed by atoms with Gasteiger partial charge in [0.2, 0.25) is 0 Å². The summed E-state index contributed by atoms with van der Waals surface area (Å²) in [5.74, 6) is -0.0281. The van der Waals surface area contributed by atoms with Crippen molar-refractivity contribution in [1.29, 1.82) is 0 Å². The zero-order chi connectivity index (χ0) is 18.8. The molecule has 0 radical (unpaired) electrons. The molecule has 0 bridgehead atoms. The number of rotatable bonds is 4. The van der Waals surface area contributed by atoms with Gasteiger partial charge in [0.25, 0.3) is 5.91 Å². The quantitative estimate of drug-likeness (QED) is 0.330. The monoisotopic (exact) mass is 484 g/mol. The van der Waals surface area contributed by atoms with Crippen LogP contribution in [0.3, 0.4) is 0 Å². The molecule has 4 aromatic rings. The van der Waals surface area contributed by atoms with Crippen LogP contribution in [-0.2, 0) is 6.54 Å². The number of fused-ring (bicyclic) bond motifs is 1. The largest absolute Gasteiger partial charge is 0.279 e. The number of carbonyl (C=O) groups excluding carboxylic acids is 1. The van der Waals surface area contributed by atoms with Crippen molar-refractivity contribution in [3.8, 4) is 0 Å². The minimum absolute atomic E-state index is 0.0281. The summed E-state index contributed by atoms with van der Waals surface area (Å²) in [5.41, 5.74) is 3.89. The zero-order valence-electron chi connectivity index (χ0n) is 14.7. The van der Waals surface area contributed by atoms with Crippen molar-refractivity contribution in [2.24, 2.45) is 0 Å². The molecule has 0 aliphatic heterocycles. The maximum Gasteiger partial charge on any atom is 0.261 e. The molecular formula is C22H17IN2OS. The molecule has 1 aromatic heterocycles. The summed E-state index contributed by atoms with van der Waals surface area (Å²) < 4.78 is 2.04. The van der Waals surface area contributed by atoms with Crippen molar-refractivity contribution in [3.05, 3.63) is 93.1 Å². The third-order valence-electron chi connectivity index (χ3n) is 4.30. The molecule has 27 heavy (non-hydrogen) atoms. The van der Waals surface area contributed by atoms with Gasteiger partial charge in [0.15, 0.2) is 5.13 Å². The van der Waals surface area contributed by atoms with Gasteiger partial charge < -0.3 is 0 Å². The molecule has 134 valence electrons. The van der Waals surface area contributed by atoms with E-state index in [1.807, 2.05) is 60.7 Å². The molecule has 0 saturated heterocycles. The summed E-state index contributed by atoms with van der Waals surface area (Å²) in [6, 6.07) is 23.9. The Balaban J connectivity index is 1.79. The average molecular weight is 484 g/mol. The highest BCUT2D eigenvalue weighted by molar-refractivity contribution is 14.1. The van der Waals surface area contributed by atoms with Gasteiger partial charge in [-0.15, -0.1) is 0 Å². The summed E-state index contributed by atoms with van der Waals surface area (Å²) in [6.45, 7) is 2.56. The second kappa shape index (κ2) is 7.78. The average Bonchev–Trinajstić information content (AvgIpc) is 3.09. The second-order valence-electron chi connectivity index (χ2n) is 6.32. The fourth-order valence-corrected chi connectivity index (χ4v) is 4.59. The van der Waals surface area contributed by atoms with E-state index in [9.17, 15) is 4.79 Å².